The molecular formula is C12H23NO. The molecule has 82 valence electrons. The zero-order valence-corrected chi connectivity index (χ0v) is 9.30. The molecule has 0 aromatic heterocycles. The molecule has 1 aliphatic heterocycles. The lowest BCUT2D eigenvalue weighted by molar-refractivity contribution is 0.103. The van der Waals surface area contributed by atoms with Crippen molar-refractivity contribution >= 4 is 0 Å². The molecule has 0 aromatic carbocycles. The smallest absolute Gasteiger partial charge is 0.0588 e. The van der Waals surface area contributed by atoms with Crippen LogP contribution in [0.1, 0.15) is 45.4 Å². The minimum Gasteiger partial charge on any atom is -0.378 e. The first-order chi connectivity index (χ1) is 6.86. The summed E-state index contributed by atoms with van der Waals surface area (Å²) in [7, 11) is 0. The van der Waals surface area contributed by atoms with E-state index in [1.54, 1.807) is 0 Å². The largest absolute Gasteiger partial charge is 0.378 e. The van der Waals surface area contributed by atoms with E-state index in [0.29, 0.717) is 6.10 Å². The highest BCUT2D eigenvalue weighted by Gasteiger charge is 2.23. The maximum atomic E-state index is 5.60. The van der Waals surface area contributed by atoms with Gasteiger partial charge >= 0.3 is 0 Å². The van der Waals surface area contributed by atoms with Crippen LogP contribution < -0.4 is 5.32 Å². The first kappa shape index (κ1) is 10.4. The van der Waals surface area contributed by atoms with Gasteiger partial charge in [0.1, 0.15) is 0 Å². The Kier molecular flexibility index (Phi) is 3.82. The van der Waals surface area contributed by atoms with Gasteiger partial charge in [0.05, 0.1) is 6.10 Å². The van der Waals surface area contributed by atoms with Crippen LogP contribution in [0.2, 0.25) is 0 Å². The standard InChI is InChI=1S/C12H23NO/c1-10-4-2-6-12(10)13-8-7-11-5-3-9-14-11/h10-13H,2-9H2,1H3. The first-order valence-corrected chi connectivity index (χ1v) is 6.21. The van der Waals surface area contributed by atoms with Gasteiger partial charge in [-0.3, -0.25) is 0 Å². The normalized spacial score (nSPS) is 37.9. The molecule has 1 aliphatic carbocycles. The molecule has 14 heavy (non-hydrogen) atoms. The Hall–Kier alpha value is -0.0800. The summed E-state index contributed by atoms with van der Waals surface area (Å²) in [5, 5.41) is 3.68. The highest BCUT2D eigenvalue weighted by atomic mass is 16.5. The number of hydrogen-bond donors (Lipinski definition) is 1. The van der Waals surface area contributed by atoms with Crippen molar-refractivity contribution in [1.82, 2.24) is 5.32 Å². The maximum Gasteiger partial charge on any atom is 0.0588 e. The Morgan fingerprint density at radius 1 is 1.21 bits per heavy atom. The highest BCUT2D eigenvalue weighted by molar-refractivity contribution is 4.80. The van der Waals surface area contributed by atoms with Crippen molar-refractivity contribution in [2.75, 3.05) is 13.2 Å². The fourth-order valence-electron chi connectivity index (χ4n) is 2.75. The Bertz CT molecular complexity index is 166. The van der Waals surface area contributed by atoms with Gasteiger partial charge in [-0.1, -0.05) is 13.3 Å². The maximum absolute atomic E-state index is 5.60. The van der Waals surface area contributed by atoms with E-state index in [1.165, 1.54) is 38.5 Å². The van der Waals surface area contributed by atoms with E-state index >= 15 is 0 Å². The van der Waals surface area contributed by atoms with Gasteiger partial charge in [0.25, 0.3) is 0 Å². The van der Waals surface area contributed by atoms with Crippen LogP contribution in [-0.4, -0.2) is 25.3 Å². The van der Waals surface area contributed by atoms with Crippen molar-refractivity contribution in [3.63, 3.8) is 0 Å². The van der Waals surface area contributed by atoms with E-state index in [9.17, 15) is 0 Å². The average Bonchev–Trinajstić information content (AvgIpc) is 2.78. The van der Waals surface area contributed by atoms with Crippen molar-refractivity contribution in [3.05, 3.63) is 0 Å². The van der Waals surface area contributed by atoms with Crippen LogP contribution in [0.15, 0.2) is 0 Å². The lowest BCUT2D eigenvalue weighted by Crippen LogP contribution is -2.33. The zero-order valence-electron chi connectivity index (χ0n) is 9.30. The third-order valence-corrected chi connectivity index (χ3v) is 3.76. The molecule has 0 spiro atoms. The summed E-state index contributed by atoms with van der Waals surface area (Å²) in [6.45, 7) is 4.51. The van der Waals surface area contributed by atoms with E-state index in [4.69, 9.17) is 4.74 Å². The summed E-state index contributed by atoms with van der Waals surface area (Å²) < 4.78 is 5.60. The van der Waals surface area contributed by atoms with Crippen LogP contribution in [0.25, 0.3) is 0 Å². The number of rotatable bonds is 4. The van der Waals surface area contributed by atoms with E-state index in [2.05, 4.69) is 12.2 Å². The topological polar surface area (TPSA) is 21.3 Å². The van der Waals surface area contributed by atoms with E-state index in [0.717, 1.165) is 25.1 Å². The SMILES string of the molecule is CC1CCCC1NCCC1CCCO1. The molecule has 3 unspecified atom stereocenters. The summed E-state index contributed by atoms with van der Waals surface area (Å²) in [6, 6.07) is 0.788. The molecule has 1 N–H and O–H groups in total. The molecule has 2 rings (SSSR count). The van der Waals surface area contributed by atoms with Crippen LogP contribution in [-0.2, 0) is 4.74 Å². The van der Waals surface area contributed by atoms with Crippen LogP contribution in [0.3, 0.4) is 0 Å². The van der Waals surface area contributed by atoms with E-state index in [1.807, 2.05) is 0 Å². The Morgan fingerprint density at radius 3 is 2.79 bits per heavy atom. The summed E-state index contributed by atoms with van der Waals surface area (Å²) in [5.41, 5.74) is 0. The molecule has 2 nitrogen and oxygen atoms in total. The van der Waals surface area contributed by atoms with Crippen molar-refractivity contribution in [2.45, 2.75) is 57.6 Å². The first-order valence-electron chi connectivity index (χ1n) is 6.21. The van der Waals surface area contributed by atoms with Gasteiger partial charge in [0.15, 0.2) is 0 Å². The molecule has 0 amide bonds. The Balaban J connectivity index is 1.57. The minimum absolute atomic E-state index is 0.555. The molecule has 1 saturated heterocycles. The third kappa shape index (κ3) is 2.71. The van der Waals surface area contributed by atoms with Gasteiger partial charge in [0, 0.05) is 12.6 Å². The predicted molar refractivity (Wildman–Crippen MR) is 58.4 cm³/mol. The summed E-state index contributed by atoms with van der Waals surface area (Å²) in [5.74, 6) is 0.888. The van der Waals surface area contributed by atoms with Crippen LogP contribution in [0, 0.1) is 5.92 Å². The monoisotopic (exact) mass is 197 g/mol. The van der Waals surface area contributed by atoms with Crippen molar-refractivity contribution in [1.29, 1.82) is 0 Å². The molecule has 2 fully saturated rings. The second-order valence-corrected chi connectivity index (χ2v) is 4.89. The molecule has 1 heterocycles. The van der Waals surface area contributed by atoms with Crippen LogP contribution in [0.4, 0.5) is 0 Å². The number of hydrogen-bond acceptors (Lipinski definition) is 2. The summed E-state index contributed by atoms with van der Waals surface area (Å²) in [4.78, 5) is 0. The Morgan fingerprint density at radius 2 is 2.14 bits per heavy atom. The lowest BCUT2D eigenvalue weighted by Gasteiger charge is -2.18. The zero-order chi connectivity index (χ0) is 9.80. The molecule has 1 saturated carbocycles. The van der Waals surface area contributed by atoms with Crippen molar-refractivity contribution in [2.24, 2.45) is 5.92 Å². The predicted octanol–water partition coefficient (Wildman–Crippen LogP) is 2.33. The van der Waals surface area contributed by atoms with Gasteiger partial charge in [-0.05, 0) is 44.6 Å². The van der Waals surface area contributed by atoms with Gasteiger partial charge in [-0.15, -0.1) is 0 Å². The second-order valence-electron chi connectivity index (χ2n) is 4.89. The molecule has 2 heteroatoms. The minimum atomic E-state index is 0.555. The molecule has 0 aromatic rings. The Labute approximate surface area is 87.4 Å². The van der Waals surface area contributed by atoms with Gasteiger partial charge in [-0.25, -0.2) is 0 Å². The van der Waals surface area contributed by atoms with Gasteiger partial charge in [0.2, 0.25) is 0 Å². The average molecular weight is 197 g/mol. The molecule has 0 radical (unpaired) electrons. The van der Waals surface area contributed by atoms with Crippen LogP contribution in [0.5, 0.6) is 0 Å². The molecule has 0 bridgehead atoms. The number of ether oxygens (including phenoxy) is 1. The quantitative estimate of drug-likeness (QED) is 0.747. The fraction of sp³-hybridized carbons (Fsp3) is 1.00. The fourth-order valence-corrected chi connectivity index (χ4v) is 2.75. The lowest BCUT2D eigenvalue weighted by atomic mass is 10.1. The van der Waals surface area contributed by atoms with Crippen LogP contribution >= 0.6 is 0 Å². The molecule has 3 atom stereocenters. The molecule has 2 aliphatic rings. The molecular weight excluding hydrogens is 174 g/mol. The van der Waals surface area contributed by atoms with E-state index in [-0.39, 0.29) is 0 Å². The second kappa shape index (κ2) is 5.13. The van der Waals surface area contributed by atoms with Crippen molar-refractivity contribution in [3.8, 4) is 0 Å². The van der Waals surface area contributed by atoms with E-state index < -0.39 is 0 Å². The summed E-state index contributed by atoms with van der Waals surface area (Å²) in [6.07, 6.45) is 8.53. The van der Waals surface area contributed by atoms with Crippen molar-refractivity contribution < 1.29 is 4.74 Å². The third-order valence-electron chi connectivity index (χ3n) is 3.76. The summed E-state index contributed by atoms with van der Waals surface area (Å²) >= 11 is 0. The van der Waals surface area contributed by atoms with Gasteiger partial charge in [-0.2, -0.15) is 0 Å². The number of nitrogens with one attached hydrogen (secondary N) is 1. The van der Waals surface area contributed by atoms with Gasteiger partial charge < -0.3 is 10.1 Å². The highest BCUT2D eigenvalue weighted by Crippen LogP contribution is 2.24.